The molecule has 0 aliphatic rings. The molecule has 1 amide bonds. The highest BCUT2D eigenvalue weighted by Gasteiger charge is 2.18. The molecule has 2 aromatic rings. The van der Waals surface area contributed by atoms with Crippen LogP contribution in [0.3, 0.4) is 0 Å². The first-order valence-electron chi connectivity index (χ1n) is 8.81. The number of pyridine rings is 1. The summed E-state index contributed by atoms with van der Waals surface area (Å²) in [4.78, 5) is 23.3. The Labute approximate surface area is 156 Å². The summed E-state index contributed by atoms with van der Waals surface area (Å²) in [5.74, 6) is 0.885. The summed E-state index contributed by atoms with van der Waals surface area (Å²) in [6.45, 7) is 4.12. The number of carbonyl (C=O) groups excluding carboxylic acids is 1. The lowest BCUT2D eigenvalue weighted by atomic mass is 10.1. The van der Waals surface area contributed by atoms with Gasteiger partial charge in [-0.25, -0.2) is 4.98 Å². The van der Waals surface area contributed by atoms with Crippen molar-refractivity contribution >= 4 is 22.6 Å². The zero-order valence-electron chi connectivity index (χ0n) is 16.7. The van der Waals surface area contributed by atoms with Crippen LogP contribution >= 0.6 is 0 Å². The summed E-state index contributed by atoms with van der Waals surface area (Å²) < 4.78 is 5.06. The molecule has 0 aliphatic carbocycles. The molecule has 2 rings (SSSR count). The summed E-state index contributed by atoms with van der Waals surface area (Å²) in [5, 5.41) is 1.09. The smallest absolute Gasteiger partial charge is 0.248 e. The largest absolute Gasteiger partial charge is 0.375 e. The minimum Gasteiger partial charge on any atom is -0.375 e. The Morgan fingerprint density at radius 3 is 2.50 bits per heavy atom. The molecule has 0 atom stereocenters. The van der Waals surface area contributed by atoms with Gasteiger partial charge in [0.1, 0.15) is 12.4 Å². The van der Waals surface area contributed by atoms with Gasteiger partial charge in [0.2, 0.25) is 5.91 Å². The van der Waals surface area contributed by atoms with Crippen LogP contribution in [0.2, 0.25) is 0 Å². The number of likely N-dealkylation sites (N-methyl/N-ethyl adjacent to an activating group) is 1. The summed E-state index contributed by atoms with van der Waals surface area (Å²) in [5.41, 5.74) is 3.19. The van der Waals surface area contributed by atoms with E-state index in [2.05, 4.69) is 30.0 Å². The van der Waals surface area contributed by atoms with Crippen molar-refractivity contribution in [3.63, 3.8) is 0 Å². The van der Waals surface area contributed by atoms with Crippen LogP contribution in [0, 0.1) is 6.92 Å². The van der Waals surface area contributed by atoms with E-state index in [4.69, 9.17) is 9.72 Å². The molecule has 1 aromatic carbocycles. The standard InChI is InChI=1S/C20H30N4O2/c1-15-8-7-9-16-12-17(20(23(4)5)21-19(15)16)13-24(11-10-22(2)3)18(25)14-26-6/h7-9,12H,10-11,13-14H2,1-6H3. The van der Waals surface area contributed by atoms with Crippen molar-refractivity contribution in [3.05, 3.63) is 35.4 Å². The van der Waals surface area contributed by atoms with Crippen LogP contribution in [0.15, 0.2) is 24.3 Å². The van der Waals surface area contributed by atoms with Crippen molar-refractivity contribution < 1.29 is 9.53 Å². The lowest BCUT2D eigenvalue weighted by Gasteiger charge is -2.26. The van der Waals surface area contributed by atoms with E-state index in [1.54, 1.807) is 7.11 Å². The molecule has 26 heavy (non-hydrogen) atoms. The predicted molar refractivity (Wildman–Crippen MR) is 107 cm³/mol. The minimum absolute atomic E-state index is 0.0107. The van der Waals surface area contributed by atoms with Gasteiger partial charge in [-0.3, -0.25) is 4.79 Å². The molecular weight excluding hydrogens is 328 g/mol. The van der Waals surface area contributed by atoms with Gasteiger partial charge in [0.05, 0.1) is 5.52 Å². The molecule has 0 saturated heterocycles. The van der Waals surface area contributed by atoms with Gasteiger partial charge in [-0.05, 0) is 32.6 Å². The Kier molecular flexibility index (Phi) is 6.94. The van der Waals surface area contributed by atoms with Crippen LogP contribution in [-0.2, 0) is 16.1 Å². The molecule has 0 saturated carbocycles. The second-order valence-electron chi connectivity index (χ2n) is 7.06. The molecule has 0 unspecified atom stereocenters. The molecule has 142 valence electrons. The van der Waals surface area contributed by atoms with Crippen molar-refractivity contribution in [1.82, 2.24) is 14.8 Å². The number of nitrogens with zero attached hydrogens (tertiary/aromatic N) is 4. The Bertz CT molecular complexity index is 759. The van der Waals surface area contributed by atoms with E-state index in [9.17, 15) is 4.79 Å². The molecule has 6 heteroatoms. The van der Waals surface area contributed by atoms with Crippen molar-refractivity contribution in [1.29, 1.82) is 0 Å². The number of para-hydroxylation sites is 1. The second kappa shape index (κ2) is 8.96. The third kappa shape index (κ3) is 4.93. The highest BCUT2D eigenvalue weighted by atomic mass is 16.5. The molecule has 0 aliphatic heterocycles. The van der Waals surface area contributed by atoms with Gasteiger partial charge in [-0.15, -0.1) is 0 Å². The van der Waals surface area contributed by atoms with Gasteiger partial charge in [0.25, 0.3) is 0 Å². The topological polar surface area (TPSA) is 48.9 Å². The number of rotatable bonds is 8. The minimum atomic E-state index is -0.0107. The van der Waals surface area contributed by atoms with E-state index < -0.39 is 0 Å². The fraction of sp³-hybridized carbons (Fsp3) is 0.500. The number of benzene rings is 1. The predicted octanol–water partition coefficient (Wildman–Crippen LogP) is 2.15. The van der Waals surface area contributed by atoms with Crippen LogP contribution < -0.4 is 4.90 Å². The van der Waals surface area contributed by atoms with Crippen molar-refractivity contribution in [3.8, 4) is 0 Å². The van der Waals surface area contributed by atoms with Gasteiger partial charge < -0.3 is 19.4 Å². The van der Waals surface area contributed by atoms with Gasteiger partial charge in [-0.1, -0.05) is 18.2 Å². The first kappa shape index (κ1) is 20.1. The number of amides is 1. The number of carbonyl (C=O) groups is 1. The Balaban J connectivity index is 2.41. The van der Waals surface area contributed by atoms with Crippen molar-refractivity contribution in [2.45, 2.75) is 13.5 Å². The maximum Gasteiger partial charge on any atom is 0.248 e. The maximum absolute atomic E-state index is 12.5. The highest BCUT2D eigenvalue weighted by molar-refractivity contribution is 5.85. The number of aromatic nitrogens is 1. The van der Waals surface area contributed by atoms with Crippen LogP contribution in [0.1, 0.15) is 11.1 Å². The third-order valence-corrected chi connectivity index (χ3v) is 4.33. The number of aryl methyl sites for hydroxylation is 1. The average Bonchev–Trinajstić information content (AvgIpc) is 2.58. The van der Waals surface area contributed by atoms with Gasteiger partial charge in [-0.2, -0.15) is 0 Å². The molecule has 0 radical (unpaired) electrons. The zero-order valence-corrected chi connectivity index (χ0v) is 16.7. The van der Waals surface area contributed by atoms with Crippen LogP contribution in [-0.4, -0.2) is 75.7 Å². The van der Waals surface area contributed by atoms with Crippen molar-refractivity contribution in [2.75, 3.05) is 59.9 Å². The first-order valence-corrected chi connectivity index (χ1v) is 8.81. The lowest BCUT2D eigenvalue weighted by molar-refractivity contribution is -0.135. The number of ether oxygens (including phenoxy) is 1. The van der Waals surface area contributed by atoms with Gasteiger partial charge in [0, 0.05) is 51.8 Å². The van der Waals surface area contributed by atoms with E-state index in [0.717, 1.165) is 34.4 Å². The van der Waals surface area contributed by atoms with Crippen LogP contribution in [0.4, 0.5) is 5.82 Å². The molecule has 1 heterocycles. The molecule has 0 N–H and O–H groups in total. The summed E-state index contributed by atoms with van der Waals surface area (Å²) in [7, 11) is 9.52. The van der Waals surface area contributed by atoms with Crippen LogP contribution in [0.25, 0.3) is 10.9 Å². The highest BCUT2D eigenvalue weighted by Crippen LogP contribution is 2.25. The SMILES string of the molecule is COCC(=O)N(CCN(C)C)Cc1cc2cccc(C)c2nc1N(C)C. The Morgan fingerprint density at radius 2 is 1.88 bits per heavy atom. The Hall–Kier alpha value is -2.18. The number of anilines is 1. The Morgan fingerprint density at radius 1 is 1.15 bits per heavy atom. The average molecular weight is 358 g/mol. The van der Waals surface area contributed by atoms with E-state index in [-0.39, 0.29) is 12.5 Å². The number of hydrogen-bond acceptors (Lipinski definition) is 5. The number of methoxy groups -OCH3 is 1. The second-order valence-corrected chi connectivity index (χ2v) is 7.06. The summed E-state index contributed by atoms with van der Waals surface area (Å²) >= 11 is 0. The van der Waals surface area contributed by atoms with E-state index in [0.29, 0.717) is 13.1 Å². The fourth-order valence-electron chi connectivity index (χ4n) is 2.92. The summed E-state index contributed by atoms with van der Waals surface area (Å²) in [6, 6.07) is 8.32. The normalized spacial score (nSPS) is 11.2. The number of fused-ring (bicyclic) bond motifs is 1. The lowest BCUT2D eigenvalue weighted by Crippen LogP contribution is -2.38. The molecular formula is C20H30N4O2. The van der Waals surface area contributed by atoms with E-state index in [1.807, 2.05) is 44.1 Å². The zero-order chi connectivity index (χ0) is 19.3. The van der Waals surface area contributed by atoms with E-state index in [1.165, 1.54) is 0 Å². The summed E-state index contributed by atoms with van der Waals surface area (Å²) in [6.07, 6.45) is 0. The fourth-order valence-corrected chi connectivity index (χ4v) is 2.92. The number of hydrogen-bond donors (Lipinski definition) is 0. The third-order valence-electron chi connectivity index (χ3n) is 4.33. The van der Waals surface area contributed by atoms with Crippen molar-refractivity contribution in [2.24, 2.45) is 0 Å². The monoisotopic (exact) mass is 358 g/mol. The van der Waals surface area contributed by atoms with Gasteiger partial charge >= 0.3 is 0 Å². The quantitative estimate of drug-likeness (QED) is 0.724. The van der Waals surface area contributed by atoms with Gasteiger partial charge in [0.15, 0.2) is 0 Å². The molecule has 1 aromatic heterocycles. The molecule has 6 nitrogen and oxygen atoms in total. The van der Waals surface area contributed by atoms with E-state index >= 15 is 0 Å². The van der Waals surface area contributed by atoms with Crippen LogP contribution in [0.5, 0.6) is 0 Å². The maximum atomic E-state index is 12.5. The molecule has 0 fully saturated rings. The first-order chi connectivity index (χ1) is 12.3. The molecule has 0 spiro atoms. The molecule has 0 bridgehead atoms.